The van der Waals surface area contributed by atoms with Crippen LogP contribution in [-0.2, 0) is 17.6 Å². The zero-order valence-corrected chi connectivity index (χ0v) is 7.54. The summed E-state index contributed by atoms with van der Waals surface area (Å²) < 4.78 is 1.88. The lowest BCUT2D eigenvalue weighted by Crippen LogP contribution is -2.00. The van der Waals surface area contributed by atoms with Gasteiger partial charge in [0.05, 0.1) is 11.5 Å². The molecule has 0 aromatic carbocycles. The first kappa shape index (κ1) is 9.12. The summed E-state index contributed by atoms with van der Waals surface area (Å²) in [5.74, 6) is 0.901. The highest BCUT2D eigenvalue weighted by atomic mass is 32.2. The fourth-order valence-electron chi connectivity index (χ4n) is 0.765. The summed E-state index contributed by atoms with van der Waals surface area (Å²) in [6.45, 7) is 0. The molecule has 0 aliphatic carbocycles. The second-order valence-corrected chi connectivity index (χ2v) is 3.33. The molecule has 66 valence electrons. The Balaban J connectivity index is 2.33. The lowest BCUT2D eigenvalue weighted by molar-refractivity contribution is -0.133. The van der Waals surface area contributed by atoms with E-state index in [2.05, 4.69) is 4.98 Å². The summed E-state index contributed by atoms with van der Waals surface area (Å²) in [5.41, 5.74) is 0. The Hall–Kier alpha value is -0.970. The van der Waals surface area contributed by atoms with E-state index in [0.717, 1.165) is 5.82 Å². The molecule has 1 aromatic rings. The van der Waals surface area contributed by atoms with Gasteiger partial charge in [-0.1, -0.05) is 0 Å². The van der Waals surface area contributed by atoms with Gasteiger partial charge in [-0.15, -0.1) is 11.8 Å². The number of carboxylic acids is 1. The number of aromatic nitrogens is 2. The smallest absolute Gasteiger partial charge is 0.313 e. The van der Waals surface area contributed by atoms with E-state index in [1.807, 2.05) is 17.8 Å². The number of carbonyl (C=O) groups is 1. The Labute approximate surface area is 74.6 Å². The van der Waals surface area contributed by atoms with Gasteiger partial charge in [0.2, 0.25) is 0 Å². The maximum atomic E-state index is 10.2. The quantitative estimate of drug-likeness (QED) is 0.753. The average Bonchev–Trinajstić information content (AvgIpc) is 2.36. The zero-order valence-electron chi connectivity index (χ0n) is 6.73. The molecule has 0 aliphatic rings. The van der Waals surface area contributed by atoms with Crippen molar-refractivity contribution in [1.29, 1.82) is 0 Å². The van der Waals surface area contributed by atoms with Crippen molar-refractivity contribution < 1.29 is 9.90 Å². The molecule has 0 fully saturated rings. The van der Waals surface area contributed by atoms with Gasteiger partial charge >= 0.3 is 5.97 Å². The predicted molar refractivity (Wildman–Crippen MR) is 47.0 cm³/mol. The number of aryl methyl sites for hydroxylation is 1. The van der Waals surface area contributed by atoms with E-state index in [1.165, 1.54) is 11.8 Å². The Morgan fingerprint density at radius 2 is 2.58 bits per heavy atom. The van der Waals surface area contributed by atoms with Gasteiger partial charge in [0.15, 0.2) is 0 Å². The zero-order chi connectivity index (χ0) is 8.97. The summed E-state index contributed by atoms with van der Waals surface area (Å²) in [7, 11) is 1.89. The number of thioether (sulfide) groups is 1. The second kappa shape index (κ2) is 4.15. The van der Waals surface area contributed by atoms with Crippen molar-refractivity contribution in [2.45, 2.75) is 5.75 Å². The van der Waals surface area contributed by atoms with E-state index in [1.54, 1.807) is 6.20 Å². The van der Waals surface area contributed by atoms with Gasteiger partial charge < -0.3 is 9.67 Å². The molecule has 4 nitrogen and oxygen atoms in total. The molecule has 0 amide bonds. The summed E-state index contributed by atoms with van der Waals surface area (Å²) in [6.07, 6.45) is 3.55. The Kier molecular flexibility index (Phi) is 3.16. The first-order valence-corrected chi connectivity index (χ1v) is 4.61. The first-order chi connectivity index (χ1) is 5.70. The van der Waals surface area contributed by atoms with Crippen LogP contribution in [0.3, 0.4) is 0 Å². The van der Waals surface area contributed by atoms with Crippen molar-refractivity contribution in [3.63, 3.8) is 0 Å². The molecule has 1 aromatic heterocycles. The predicted octanol–water partition coefficient (Wildman–Crippen LogP) is 0.738. The molecule has 0 aliphatic heterocycles. The van der Waals surface area contributed by atoms with Crippen molar-refractivity contribution in [3.8, 4) is 0 Å². The number of carboxylic acid groups (broad SMARTS) is 1. The standard InChI is InChI=1S/C7H10N2O2S/c1-9-3-2-8-6(9)4-12-5-7(10)11/h2-3H,4-5H2,1H3,(H,10,11). The minimum absolute atomic E-state index is 0.132. The van der Waals surface area contributed by atoms with Gasteiger partial charge in [0.25, 0.3) is 0 Å². The molecule has 0 spiro atoms. The van der Waals surface area contributed by atoms with Crippen molar-refractivity contribution in [2.75, 3.05) is 5.75 Å². The third-order valence-corrected chi connectivity index (χ3v) is 2.29. The minimum atomic E-state index is -0.783. The fourth-order valence-corrected chi connectivity index (χ4v) is 1.50. The molecule has 1 heterocycles. The number of hydrogen-bond acceptors (Lipinski definition) is 3. The summed E-state index contributed by atoms with van der Waals surface area (Å²) in [5, 5.41) is 8.36. The summed E-state index contributed by atoms with van der Waals surface area (Å²) in [6, 6.07) is 0. The van der Waals surface area contributed by atoms with Gasteiger partial charge in [-0.2, -0.15) is 0 Å². The largest absolute Gasteiger partial charge is 0.481 e. The molecular formula is C7H10N2O2S. The highest BCUT2D eigenvalue weighted by molar-refractivity contribution is 7.99. The van der Waals surface area contributed by atoms with E-state index < -0.39 is 5.97 Å². The SMILES string of the molecule is Cn1ccnc1CSCC(=O)O. The van der Waals surface area contributed by atoms with Crippen LogP contribution in [0.1, 0.15) is 5.82 Å². The molecule has 1 rings (SSSR count). The number of imidazole rings is 1. The van der Waals surface area contributed by atoms with Gasteiger partial charge in [0.1, 0.15) is 5.82 Å². The lowest BCUT2D eigenvalue weighted by atomic mass is 10.7. The average molecular weight is 186 g/mol. The van der Waals surface area contributed by atoms with Crippen molar-refractivity contribution in [3.05, 3.63) is 18.2 Å². The van der Waals surface area contributed by atoms with Gasteiger partial charge in [-0.05, 0) is 0 Å². The first-order valence-electron chi connectivity index (χ1n) is 3.46. The maximum absolute atomic E-state index is 10.2. The van der Waals surface area contributed by atoms with Crippen LogP contribution in [-0.4, -0.2) is 26.4 Å². The molecule has 0 atom stereocenters. The van der Waals surface area contributed by atoms with Crippen LogP contribution in [0.4, 0.5) is 0 Å². The van der Waals surface area contributed by atoms with Gasteiger partial charge in [0, 0.05) is 19.4 Å². The number of hydrogen-bond donors (Lipinski definition) is 1. The van der Waals surface area contributed by atoms with E-state index in [-0.39, 0.29) is 5.75 Å². The summed E-state index contributed by atoms with van der Waals surface area (Å²) in [4.78, 5) is 14.2. The molecule has 0 radical (unpaired) electrons. The monoisotopic (exact) mass is 186 g/mol. The lowest BCUT2D eigenvalue weighted by Gasteiger charge is -1.98. The van der Waals surface area contributed by atoms with Crippen molar-refractivity contribution >= 4 is 17.7 Å². The van der Waals surface area contributed by atoms with Crippen LogP contribution in [0.25, 0.3) is 0 Å². The maximum Gasteiger partial charge on any atom is 0.313 e. The third kappa shape index (κ3) is 2.58. The van der Waals surface area contributed by atoms with Gasteiger partial charge in [-0.3, -0.25) is 4.79 Å². The highest BCUT2D eigenvalue weighted by Gasteiger charge is 2.01. The van der Waals surface area contributed by atoms with Crippen LogP contribution >= 0.6 is 11.8 Å². The summed E-state index contributed by atoms with van der Waals surface area (Å²) >= 11 is 1.35. The molecule has 0 saturated carbocycles. The van der Waals surface area contributed by atoms with Crippen molar-refractivity contribution in [2.24, 2.45) is 7.05 Å². The molecular weight excluding hydrogens is 176 g/mol. The molecule has 0 bridgehead atoms. The number of nitrogens with zero attached hydrogens (tertiary/aromatic N) is 2. The van der Waals surface area contributed by atoms with E-state index in [0.29, 0.717) is 5.75 Å². The van der Waals surface area contributed by atoms with Gasteiger partial charge in [-0.25, -0.2) is 4.98 Å². The number of rotatable bonds is 4. The normalized spacial score (nSPS) is 10.1. The Morgan fingerprint density at radius 1 is 1.83 bits per heavy atom. The molecule has 12 heavy (non-hydrogen) atoms. The fraction of sp³-hybridized carbons (Fsp3) is 0.429. The molecule has 0 unspecified atom stereocenters. The molecule has 1 N–H and O–H groups in total. The van der Waals surface area contributed by atoms with Crippen molar-refractivity contribution in [1.82, 2.24) is 9.55 Å². The van der Waals surface area contributed by atoms with E-state index in [9.17, 15) is 4.79 Å². The highest BCUT2D eigenvalue weighted by Crippen LogP contribution is 2.08. The van der Waals surface area contributed by atoms with Crippen LogP contribution in [0, 0.1) is 0 Å². The molecule has 0 saturated heterocycles. The van der Waals surface area contributed by atoms with Crippen LogP contribution < -0.4 is 0 Å². The van der Waals surface area contributed by atoms with Crippen LogP contribution in [0.15, 0.2) is 12.4 Å². The third-order valence-electron chi connectivity index (χ3n) is 1.38. The van der Waals surface area contributed by atoms with E-state index in [4.69, 9.17) is 5.11 Å². The topological polar surface area (TPSA) is 55.1 Å². The Bertz CT molecular complexity index is 272. The second-order valence-electron chi connectivity index (χ2n) is 2.34. The van der Waals surface area contributed by atoms with Crippen LogP contribution in [0.5, 0.6) is 0 Å². The molecule has 5 heteroatoms. The van der Waals surface area contributed by atoms with Crippen LogP contribution in [0.2, 0.25) is 0 Å². The van der Waals surface area contributed by atoms with E-state index >= 15 is 0 Å². The Morgan fingerprint density at radius 3 is 3.08 bits per heavy atom. The number of aliphatic carboxylic acids is 1. The minimum Gasteiger partial charge on any atom is -0.481 e.